The van der Waals surface area contributed by atoms with E-state index >= 15 is 0 Å². The van der Waals surface area contributed by atoms with Crippen molar-refractivity contribution in [3.63, 3.8) is 0 Å². The average molecular weight is 257 g/mol. The molecule has 2 heteroatoms. The second-order valence-corrected chi connectivity index (χ2v) is 6.36. The molecule has 0 heterocycles. The van der Waals surface area contributed by atoms with Crippen LogP contribution in [0.15, 0.2) is 0 Å². The van der Waals surface area contributed by atoms with Gasteiger partial charge in [0.05, 0.1) is 5.60 Å². The Kier molecular flexibility index (Phi) is 10.8. The largest absolute Gasteiger partial charge is 0.390 e. The third-order valence-electron chi connectivity index (χ3n) is 3.46. The molecular weight excluding hydrogens is 222 g/mol. The minimum atomic E-state index is -0.477. The summed E-state index contributed by atoms with van der Waals surface area (Å²) in [5, 5.41) is 13.6. The van der Waals surface area contributed by atoms with Gasteiger partial charge in [-0.05, 0) is 38.8 Å². The quantitative estimate of drug-likeness (QED) is 0.515. The number of nitrogens with one attached hydrogen (secondary N) is 1. The Morgan fingerprint density at radius 1 is 1.00 bits per heavy atom. The fourth-order valence-electron chi connectivity index (χ4n) is 2.16. The van der Waals surface area contributed by atoms with E-state index in [1.165, 1.54) is 38.5 Å². The second-order valence-electron chi connectivity index (χ2n) is 6.36. The summed E-state index contributed by atoms with van der Waals surface area (Å²) in [5.41, 5.74) is -0.477. The van der Waals surface area contributed by atoms with Crippen LogP contribution >= 0.6 is 0 Å². The van der Waals surface area contributed by atoms with Crippen LogP contribution in [-0.2, 0) is 0 Å². The van der Waals surface area contributed by atoms with E-state index in [0.717, 1.165) is 25.9 Å². The molecule has 0 saturated heterocycles. The van der Waals surface area contributed by atoms with Crippen molar-refractivity contribution >= 4 is 0 Å². The maximum absolute atomic E-state index is 10.2. The lowest BCUT2D eigenvalue weighted by Crippen LogP contribution is -2.31. The van der Waals surface area contributed by atoms with Gasteiger partial charge in [-0.15, -0.1) is 0 Å². The van der Waals surface area contributed by atoms with Crippen LogP contribution in [0.2, 0.25) is 0 Å². The highest BCUT2D eigenvalue weighted by Gasteiger charge is 2.18. The fraction of sp³-hybridized carbons (Fsp3) is 1.00. The fourth-order valence-corrected chi connectivity index (χ4v) is 2.16. The predicted octanol–water partition coefficient (Wildman–Crippen LogP) is 4.12. The van der Waals surface area contributed by atoms with Gasteiger partial charge in [0.2, 0.25) is 0 Å². The SMILES string of the molecule is CCCCCCCCC(C)(O)CCNCC(C)C. The maximum atomic E-state index is 10.2. The molecule has 0 spiro atoms. The summed E-state index contributed by atoms with van der Waals surface area (Å²) < 4.78 is 0. The molecule has 0 aromatic heterocycles. The number of rotatable bonds is 12. The zero-order valence-corrected chi connectivity index (χ0v) is 13.1. The number of aliphatic hydroxyl groups is 1. The second kappa shape index (κ2) is 10.8. The van der Waals surface area contributed by atoms with E-state index in [1.54, 1.807) is 0 Å². The van der Waals surface area contributed by atoms with E-state index in [0.29, 0.717) is 5.92 Å². The number of hydrogen-bond donors (Lipinski definition) is 2. The molecule has 0 aromatic carbocycles. The van der Waals surface area contributed by atoms with Crippen molar-refractivity contribution in [3.8, 4) is 0 Å². The number of unbranched alkanes of at least 4 members (excludes halogenated alkanes) is 5. The van der Waals surface area contributed by atoms with Crippen LogP contribution < -0.4 is 5.32 Å². The minimum Gasteiger partial charge on any atom is -0.390 e. The summed E-state index contributed by atoms with van der Waals surface area (Å²) in [4.78, 5) is 0. The monoisotopic (exact) mass is 257 g/mol. The van der Waals surface area contributed by atoms with Gasteiger partial charge in [0.1, 0.15) is 0 Å². The molecular formula is C16H35NO. The normalized spacial score (nSPS) is 15.0. The summed E-state index contributed by atoms with van der Waals surface area (Å²) in [6.45, 7) is 10.6. The minimum absolute atomic E-state index is 0.477. The smallest absolute Gasteiger partial charge is 0.0631 e. The van der Waals surface area contributed by atoms with Gasteiger partial charge in [-0.2, -0.15) is 0 Å². The Bertz CT molecular complexity index is 178. The van der Waals surface area contributed by atoms with Crippen LogP contribution in [0.5, 0.6) is 0 Å². The van der Waals surface area contributed by atoms with E-state index in [-0.39, 0.29) is 0 Å². The number of hydrogen-bond acceptors (Lipinski definition) is 2. The van der Waals surface area contributed by atoms with Crippen LogP contribution in [-0.4, -0.2) is 23.8 Å². The average Bonchev–Trinajstić information content (AvgIpc) is 2.29. The summed E-state index contributed by atoms with van der Waals surface area (Å²) in [7, 11) is 0. The summed E-state index contributed by atoms with van der Waals surface area (Å²) >= 11 is 0. The lowest BCUT2D eigenvalue weighted by Gasteiger charge is -2.23. The molecule has 2 nitrogen and oxygen atoms in total. The molecule has 2 N–H and O–H groups in total. The van der Waals surface area contributed by atoms with Crippen molar-refractivity contribution in [2.24, 2.45) is 5.92 Å². The van der Waals surface area contributed by atoms with Gasteiger partial charge in [0.25, 0.3) is 0 Å². The molecule has 0 saturated carbocycles. The predicted molar refractivity (Wildman–Crippen MR) is 80.9 cm³/mol. The van der Waals surface area contributed by atoms with E-state index in [9.17, 15) is 5.11 Å². The van der Waals surface area contributed by atoms with Gasteiger partial charge >= 0.3 is 0 Å². The van der Waals surface area contributed by atoms with Gasteiger partial charge in [-0.3, -0.25) is 0 Å². The lowest BCUT2D eigenvalue weighted by atomic mass is 9.94. The van der Waals surface area contributed by atoms with Crippen LogP contribution in [0.25, 0.3) is 0 Å². The van der Waals surface area contributed by atoms with Gasteiger partial charge < -0.3 is 10.4 Å². The highest BCUT2D eigenvalue weighted by molar-refractivity contribution is 4.73. The van der Waals surface area contributed by atoms with Gasteiger partial charge in [-0.25, -0.2) is 0 Å². The molecule has 0 fully saturated rings. The Morgan fingerprint density at radius 3 is 2.22 bits per heavy atom. The molecule has 0 bridgehead atoms. The van der Waals surface area contributed by atoms with Gasteiger partial charge in [0, 0.05) is 0 Å². The van der Waals surface area contributed by atoms with Gasteiger partial charge in [-0.1, -0.05) is 59.3 Å². The zero-order chi connectivity index (χ0) is 13.9. The zero-order valence-electron chi connectivity index (χ0n) is 13.1. The topological polar surface area (TPSA) is 32.3 Å². The van der Waals surface area contributed by atoms with Crippen molar-refractivity contribution < 1.29 is 5.11 Å². The van der Waals surface area contributed by atoms with E-state index < -0.39 is 5.60 Å². The van der Waals surface area contributed by atoms with Crippen molar-refractivity contribution in [2.45, 2.75) is 84.7 Å². The van der Waals surface area contributed by atoms with Crippen LogP contribution in [0.1, 0.15) is 79.1 Å². The van der Waals surface area contributed by atoms with Crippen molar-refractivity contribution in [1.29, 1.82) is 0 Å². The molecule has 0 amide bonds. The Morgan fingerprint density at radius 2 is 1.61 bits per heavy atom. The van der Waals surface area contributed by atoms with Crippen LogP contribution in [0.3, 0.4) is 0 Å². The summed E-state index contributed by atoms with van der Waals surface area (Å²) in [6, 6.07) is 0. The third kappa shape index (κ3) is 12.4. The molecule has 0 rings (SSSR count). The van der Waals surface area contributed by atoms with Crippen molar-refractivity contribution in [2.75, 3.05) is 13.1 Å². The van der Waals surface area contributed by atoms with E-state index in [1.807, 2.05) is 6.92 Å². The highest BCUT2D eigenvalue weighted by Crippen LogP contribution is 2.18. The summed E-state index contributed by atoms with van der Waals surface area (Å²) in [5.74, 6) is 0.688. The molecule has 0 radical (unpaired) electrons. The first kappa shape index (κ1) is 17.9. The van der Waals surface area contributed by atoms with Crippen LogP contribution in [0, 0.1) is 5.92 Å². The maximum Gasteiger partial charge on any atom is 0.0631 e. The summed E-state index contributed by atoms with van der Waals surface area (Å²) in [6.07, 6.45) is 9.60. The first-order valence-corrected chi connectivity index (χ1v) is 7.91. The molecule has 0 aliphatic heterocycles. The lowest BCUT2D eigenvalue weighted by molar-refractivity contribution is 0.0394. The molecule has 0 aliphatic carbocycles. The molecule has 0 aliphatic rings. The van der Waals surface area contributed by atoms with Crippen LogP contribution in [0.4, 0.5) is 0 Å². The molecule has 18 heavy (non-hydrogen) atoms. The van der Waals surface area contributed by atoms with Crippen molar-refractivity contribution in [1.82, 2.24) is 5.32 Å². The molecule has 0 aromatic rings. The first-order valence-electron chi connectivity index (χ1n) is 7.91. The van der Waals surface area contributed by atoms with E-state index in [2.05, 4.69) is 26.1 Å². The Labute approximate surface area is 115 Å². The standard InChI is InChI=1S/C16H35NO/c1-5-6-7-8-9-10-11-16(4,18)12-13-17-14-15(2)3/h15,17-18H,5-14H2,1-4H3. The molecule has 1 unspecified atom stereocenters. The van der Waals surface area contributed by atoms with Crippen molar-refractivity contribution in [3.05, 3.63) is 0 Å². The molecule has 1 atom stereocenters. The highest BCUT2D eigenvalue weighted by atomic mass is 16.3. The van der Waals surface area contributed by atoms with Gasteiger partial charge in [0.15, 0.2) is 0 Å². The Balaban J connectivity index is 3.42. The first-order chi connectivity index (χ1) is 8.48. The molecule has 110 valence electrons. The Hall–Kier alpha value is -0.0800. The van der Waals surface area contributed by atoms with E-state index in [4.69, 9.17) is 0 Å². The third-order valence-corrected chi connectivity index (χ3v) is 3.46.